The number of benzene rings is 1. The molecule has 21 heavy (non-hydrogen) atoms. The number of aryl methyl sites for hydroxylation is 1. The Morgan fingerprint density at radius 2 is 2.24 bits per heavy atom. The average Bonchev–Trinajstić information content (AvgIpc) is 2.86. The van der Waals surface area contributed by atoms with Crippen LogP contribution < -0.4 is 10.1 Å². The van der Waals surface area contributed by atoms with Crippen LogP contribution in [-0.2, 0) is 20.0 Å². The zero-order valence-electron chi connectivity index (χ0n) is 12.1. The van der Waals surface area contributed by atoms with Gasteiger partial charge >= 0.3 is 5.69 Å². The highest BCUT2D eigenvalue weighted by Crippen LogP contribution is 2.28. The number of ether oxygens (including phenoxy) is 1. The smallest absolute Gasteiger partial charge is 0.311 e. The fraction of sp³-hybridized carbons (Fsp3) is 0.357. The molecule has 2 aromatic rings. The summed E-state index contributed by atoms with van der Waals surface area (Å²) in [6, 6.07) is 5.01. The van der Waals surface area contributed by atoms with Crippen LogP contribution in [0, 0.1) is 10.1 Å². The molecule has 0 bridgehead atoms. The summed E-state index contributed by atoms with van der Waals surface area (Å²) in [7, 11) is 3.64. The van der Waals surface area contributed by atoms with E-state index in [1.165, 1.54) is 6.07 Å². The van der Waals surface area contributed by atoms with E-state index in [2.05, 4.69) is 10.4 Å². The molecule has 7 heteroatoms. The van der Waals surface area contributed by atoms with Gasteiger partial charge in [-0.2, -0.15) is 5.10 Å². The van der Waals surface area contributed by atoms with E-state index < -0.39 is 4.92 Å². The van der Waals surface area contributed by atoms with Crippen LogP contribution in [0.25, 0.3) is 0 Å². The Kier molecular flexibility index (Phi) is 4.89. The Morgan fingerprint density at radius 3 is 2.86 bits per heavy atom. The number of nitrogens with one attached hydrogen (secondary N) is 1. The molecule has 0 unspecified atom stereocenters. The monoisotopic (exact) mass is 290 g/mol. The van der Waals surface area contributed by atoms with Crippen LogP contribution in [0.15, 0.2) is 30.6 Å². The zero-order chi connectivity index (χ0) is 15.2. The number of rotatable bonds is 7. The van der Waals surface area contributed by atoms with Gasteiger partial charge in [-0.15, -0.1) is 0 Å². The molecule has 7 nitrogen and oxygen atoms in total. The molecule has 0 radical (unpaired) electrons. The Morgan fingerprint density at radius 1 is 1.43 bits per heavy atom. The molecule has 0 saturated heterocycles. The Balaban J connectivity index is 2.03. The summed E-state index contributed by atoms with van der Waals surface area (Å²) in [4.78, 5) is 10.7. The van der Waals surface area contributed by atoms with E-state index >= 15 is 0 Å². The third-order valence-corrected chi connectivity index (χ3v) is 3.01. The third-order valence-electron chi connectivity index (χ3n) is 3.01. The summed E-state index contributed by atoms with van der Waals surface area (Å²) in [6.45, 7) is 0.953. The van der Waals surface area contributed by atoms with Crippen molar-refractivity contribution in [3.8, 4) is 5.75 Å². The van der Waals surface area contributed by atoms with Crippen molar-refractivity contribution in [2.24, 2.45) is 7.05 Å². The van der Waals surface area contributed by atoms with Gasteiger partial charge in [0.2, 0.25) is 0 Å². The van der Waals surface area contributed by atoms with Crippen molar-refractivity contribution in [3.63, 3.8) is 0 Å². The number of nitrogens with zero attached hydrogens (tertiary/aromatic N) is 3. The molecule has 0 fully saturated rings. The van der Waals surface area contributed by atoms with E-state index in [0.29, 0.717) is 25.3 Å². The van der Waals surface area contributed by atoms with Gasteiger partial charge in [0.25, 0.3) is 0 Å². The molecule has 0 aliphatic carbocycles. The molecule has 1 heterocycles. The second kappa shape index (κ2) is 6.85. The van der Waals surface area contributed by atoms with Crippen LogP contribution >= 0.6 is 0 Å². The van der Waals surface area contributed by atoms with Crippen LogP contribution in [0.5, 0.6) is 5.75 Å². The highest BCUT2D eigenvalue weighted by atomic mass is 16.6. The van der Waals surface area contributed by atoms with Crippen molar-refractivity contribution in [2.75, 3.05) is 13.7 Å². The van der Waals surface area contributed by atoms with Crippen molar-refractivity contribution < 1.29 is 9.66 Å². The summed E-state index contributed by atoms with van der Waals surface area (Å²) < 4.78 is 7.26. The second-order valence-electron chi connectivity index (χ2n) is 4.71. The predicted molar refractivity (Wildman–Crippen MR) is 78.3 cm³/mol. The zero-order valence-corrected chi connectivity index (χ0v) is 12.1. The topological polar surface area (TPSA) is 82.2 Å². The van der Waals surface area contributed by atoms with Crippen LogP contribution in [-0.4, -0.2) is 28.4 Å². The first kappa shape index (κ1) is 15.0. The number of nitro benzene ring substituents is 1. The molecule has 0 amide bonds. The lowest BCUT2D eigenvalue weighted by Gasteiger charge is -2.07. The largest absolute Gasteiger partial charge is 0.486 e. The molecule has 0 atom stereocenters. The molecule has 1 aromatic heterocycles. The van der Waals surface area contributed by atoms with Crippen LogP contribution in [0.3, 0.4) is 0 Å². The van der Waals surface area contributed by atoms with E-state index in [1.54, 1.807) is 24.0 Å². The first-order valence-corrected chi connectivity index (χ1v) is 6.62. The first-order chi connectivity index (χ1) is 10.1. The van der Waals surface area contributed by atoms with Crippen LogP contribution in [0.1, 0.15) is 11.1 Å². The maximum absolute atomic E-state index is 11.1. The number of hydrogen-bond donors (Lipinski definition) is 1. The van der Waals surface area contributed by atoms with E-state index in [0.717, 1.165) is 11.1 Å². The molecule has 0 saturated carbocycles. The van der Waals surface area contributed by atoms with E-state index in [-0.39, 0.29) is 5.69 Å². The minimum absolute atomic E-state index is 0.00561. The van der Waals surface area contributed by atoms with Crippen LogP contribution in [0.2, 0.25) is 0 Å². The molecule has 0 spiro atoms. The molecular formula is C14H18N4O3. The second-order valence-corrected chi connectivity index (χ2v) is 4.71. The average molecular weight is 290 g/mol. The van der Waals surface area contributed by atoms with Gasteiger partial charge in [-0.05, 0) is 24.2 Å². The molecule has 1 aromatic carbocycles. The predicted octanol–water partition coefficient (Wildman–Crippen LogP) is 1.67. The summed E-state index contributed by atoms with van der Waals surface area (Å²) in [6.07, 6.45) is 4.31. The molecule has 112 valence electrons. The number of hydrogen-bond acceptors (Lipinski definition) is 5. The SMILES string of the molecule is CNCc1ccc(OCCc2cnn(C)c2)c([N+](=O)[O-])c1. The van der Waals surface area contributed by atoms with Crippen molar-refractivity contribution >= 4 is 5.69 Å². The molecule has 0 aliphatic rings. The molecule has 0 aliphatic heterocycles. The fourth-order valence-corrected chi connectivity index (χ4v) is 2.02. The Hall–Kier alpha value is -2.41. The van der Waals surface area contributed by atoms with E-state index in [9.17, 15) is 10.1 Å². The van der Waals surface area contributed by atoms with Crippen molar-refractivity contribution in [3.05, 3.63) is 51.8 Å². The van der Waals surface area contributed by atoms with Gasteiger partial charge in [0, 0.05) is 32.3 Å². The lowest BCUT2D eigenvalue weighted by molar-refractivity contribution is -0.385. The lowest BCUT2D eigenvalue weighted by atomic mass is 10.2. The first-order valence-electron chi connectivity index (χ1n) is 6.62. The minimum Gasteiger partial charge on any atom is -0.486 e. The normalized spacial score (nSPS) is 10.6. The maximum Gasteiger partial charge on any atom is 0.311 e. The van der Waals surface area contributed by atoms with Gasteiger partial charge in [0.05, 0.1) is 17.7 Å². The molecule has 1 N–H and O–H groups in total. The summed E-state index contributed by atoms with van der Waals surface area (Å²) in [5.41, 5.74) is 1.88. The van der Waals surface area contributed by atoms with Gasteiger partial charge in [0.15, 0.2) is 5.75 Å². The third kappa shape index (κ3) is 4.03. The highest BCUT2D eigenvalue weighted by molar-refractivity contribution is 5.48. The van der Waals surface area contributed by atoms with Gasteiger partial charge in [-0.1, -0.05) is 6.07 Å². The Labute approximate surface area is 122 Å². The van der Waals surface area contributed by atoms with Crippen molar-refractivity contribution in [2.45, 2.75) is 13.0 Å². The quantitative estimate of drug-likeness (QED) is 0.619. The molecular weight excluding hydrogens is 272 g/mol. The van der Waals surface area contributed by atoms with Crippen molar-refractivity contribution in [1.82, 2.24) is 15.1 Å². The highest BCUT2D eigenvalue weighted by Gasteiger charge is 2.15. The summed E-state index contributed by atoms with van der Waals surface area (Å²) in [5.74, 6) is 0.295. The van der Waals surface area contributed by atoms with Gasteiger partial charge in [-0.3, -0.25) is 14.8 Å². The minimum atomic E-state index is -0.418. The number of nitro groups is 1. The van der Waals surface area contributed by atoms with Gasteiger partial charge in [0.1, 0.15) is 0 Å². The van der Waals surface area contributed by atoms with Crippen LogP contribution in [0.4, 0.5) is 5.69 Å². The van der Waals surface area contributed by atoms with Gasteiger partial charge < -0.3 is 10.1 Å². The fourth-order valence-electron chi connectivity index (χ4n) is 2.02. The summed E-state index contributed by atoms with van der Waals surface area (Å²) >= 11 is 0. The maximum atomic E-state index is 11.1. The number of aromatic nitrogens is 2. The van der Waals surface area contributed by atoms with E-state index in [1.807, 2.05) is 19.3 Å². The van der Waals surface area contributed by atoms with Gasteiger partial charge in [-0.25, -0.2) is 0 Å². The van der Waals surface area contributed by atoms with Crippen molar-refractivity contribution in [1.29, 1.82) is 0 Å². The van der Waals surface area contributed by atoms with E-state index in [4.69, 9.17) is 4.74 Å². The standard InChI is InChI=1S/C14H18N4O3/c1-15-8-11-3-4-14(13(7-11)18(19)20)21-6-5-12-9-16-17(2)10-12/h3-4,7,9-10,15H,5-6,8H2,1-2H3. The summed E-state index contributed by atoms with van der Waals surface area (Å²) in [5, 5.41) is 18.1. The molecule has 2 rings (SSSR count). The Bertz CT molecular complexity index is 624. The lowest BCUT2D eigenvalue weighted by Crippen LogP contribution is -2.07.